The Morgan fingerprint density at radius 1 is 1.43 bits per heavy atom. The average molecular weight is 409 g/mol. The molecule has 2 fully saturated rings. The molecular weight excluding hydrogens is 386 g/mol. The number of carbonyl (C=O) groups excluding carboxylic acids is 2. The molecule has 1 spiro atoms. The molecule has 4 atom stereocenters. The van der Waals surface area contributed by atoms with Crippen LogP contribution in [0, 0.1) is 18.8 Å². The van der Waals surface area contributed by atoms with E-state index in [1.807, 2.05) is 31.2 Å². The molecule has 0 N–H and O–H groups in total. The minimum absolute atomic E-state index is 0.0458. The maximum Gasteiger partial charge on any atom is 0.230 e. The van der Waals surface area contributed by atoms with Crippen LogP contribution in [0.3, 0.4) is 0 Å². The fraction of sp³-hybridized carbons (Fsp3) is 0.476. The second-order valence-electron chi connectivity index (χ2n) is 8.04. The molecule has 0 aliphatic carbocycles. The molecule has 2 bridgehead atoms. The molecule has 2 aromatic heterocycles. The molecule has 30 heavy (non-hydrogen) atoms. The largest absolute Gasteiger partial charge is 0.360 e. The first-order chi connectivity index (χ1) is 14.5. The number of hydrogen-bond donors (Lipinski definition) is 0. The second kappa shape index (κ2) is 7.02. The van der Waals surface area contributed by atoms with Gasteiger partial charge < -0.3 is 19.1 Å². The van der Waals surface area contributed by atoms with Crippen molar-refractivity contribution in [2.45, 2.75) is 38.6 Å². The quantitative estimate of drug-likeness (QED) is 0.659. The first-order valence-electron chi connectivity index (χ1n) is 10.1. The standard InChI is InChI=1S/C21H23N5O4/c1-3-25(11-16-23-13(2)30-24-16)19(27)17-15-6-7-21(29-15)12-26(20(28)18(17)21)10-14-5-4-8-22-9-14/h4-9,15,17-18H,3,10-12H2,1-2H3/t15-,17-,18-,21-/m0/s1. The van der Waals surface area contributed by atoms with Gasteiger partial charge in [0.15, 0.2) is 5.82 Å². The van der Waals surface area contributed by atoms with Crippen molar-refractivity contribution >= 4 is 11.8 Å². The molecule has 0 aromatic carbocycles. The van der Waals surface area contributed by atoms with Crippen LogP contribution in [0.5, 0.6) is 0 Å². The van der Waals surface area contributed by atoms with Crippen LogP contribution < -0.4 is 0 Å². The van der Waals surface area contributed by atoms with E-state index >= 15 is 0 Å². The van der Waals surface area contributed by atoms with Crippen molar-refractivity contribution in [1.82, 2.24) is 24.9 Å². The van der Waals surface area contributed by atoms with Gasteiger partial charge in [0.25, 0.3) is 0 Å². The van der Waals surface area contributed by atoms with Crippen molar-refractivity contribution in [3.8, 4) is 0 Å². The highest BCUT2D eigenvalue weighted by atomic mass is 16.5. The van der Waals surface area contributed by atoms with E-state index in [0.29, 0.717) is 31.3 Å². The normalized spacial score (nSPS) is 28.9. The van der Waals surface area contributed by atoms with Crippen LogP contribution in [0.2, 0.25) is 0 Å². The molecule has 0 radical (unpaired) electrons. The van der Waals surface area contributed by atoms with Crippen molar-refractivity contribution in [3.05, 3.63) is 54.0 Å². The Hall–Kier alpha value is -3.07. The highest BCUT2D eigenvalue weighted by Gasteiger charge is 2.67. The van der Waals surface area contributed by atoms with Crippen molar-refractivity contribution < 1.29 is 18.8 Å². The molecule has 0 unspecified atom stereocenters. The summed E-state index contributed by atoms with van der Waals surface area (Å²) in [5.41, 5.74) is 0.221. The van der Waals surface area contributed by atoms with E-state index in [9.17, 15) is 9.59 Å². The van der Waals surface area contributed by atoms with Gasteiger partial charge in [-0.25, -0.2) is 0 Å². The number of aromatic nitrogens is 3. The van der Waals surface area contributed by atoms with E-state index in [1.165, 1.54) is 0 Å². The Balaban J connectivity index is 1.38. The number of carbonyl (C=O) groups is 2. The van der Waals surface area contributed by atoms with Gasteiger partial charge in [-0.05, 0) is 18.6 Å². The van der Waals surface area contributed by atoms with E-state index in [0.717, 1.165) is 5.56 Å². The van der Waals surface area contributed by atoms with Gasteiger partial charge in [-0.1, -0.05) is 23.4 Å². The second-order valence-corrected chi connectivity index (χ2v) is 8.04. The highest BCUT2D eigenvalue weighted by molar-refractivity contribution is 5.93. The third-order valence-electron chi connectivity index (χ3n) is 6.16. The van der Waals surface area contributed by atoms with E-state index in [-0.39, 0.29) is 24.5 Å². The number of nitrogens with zero attached hydrogens (tertiary/aromatic N) is 5. The Labute approximate surface area is 173 Å². The van der Waals surface area contributed by atoms with Gasteiger partial charge in [-0.3, -0.25) is 14.6 Å². The van der Waals surface area contributed by atoms with Crippen LogP contribution in [0.15, 0.2) is 41.2 Å². The van der Waals surface area contributed by atoms with Crippen molar-refractivity contribution in [2.24, 2.45) is 11.8 Å². The van der Waals surface area contributed by atoms with Crippen molar-refractivity contribution in [2.75, 3.05) is 13.1 Å². The van der Waals surface area contributed by atoms with Crippen molar-refractivity contribution in [1.29, 1.82) is 0 Å². The minimum Gasteiger partial charge on any atom is -0.360 e. The molecule has 3 aliphatic rings. The lowest BCUT2D eigenvalue weighted by atomic mass is 9.76. The Kier molecular flexibility index (Phi) is 4.43. The van der Waals surface area contributed by atoms with Gasteiger partial charge in [0.05, 0.1) is 31.0 Å². The first kappa shape index (κ1) is 18.9. The van der Waals surface area contributed by atoms with E-state index in [4.69, 9.17) is 9.26 Å². The molecule has 2 amide bonds. The summed E-state index contributed by atoms with van der Waals surface area (Å²) in [6.07, 6.45) is 6.96. The number of amides is 2. The summed E-state index contributed by atoms with van der Waals surface area (Å²) < 4.78 is 11.2. The predicted molar refractivity (Wildman–Crippen MR) is 104 cm³/mol. The summed E-state index contributed by atoms with van der Waals surface area (Å²) in [6.45, 7) is 5.22. The number of hydrogen-bond acceptors (Lipinski definition) is 7. The summed E-state index contributed by atoms with van der Waals surface area (Å²) in [6, 6.07) is 3.79. The number of rotatable bonds is 6. The van der Waals surface area contributed by atoms with Gasteiger partial charge in [-0.2, -0.15) is 4.98 Å². The minimum atomic E-state index is -0.730. The Morgan fingerprint density at radius 3 is 3.00 bits per heavy atom. The number of aryl methyl sites for hydroxylation is 1. The maximum atomic E-state index is 13.5. The third-order valence-corrected chi connectivity index (χ3v) is 6.16. The summed E-state index contributed by atoms with van der Waals surface area (Å²) in [5, 5.41) is 3.89. The number of ether oxygens (including phenoxy) is 1. The van der Waals surface area contributed by atoms with Gasteiger partial charge in [-0.15, -0.1) is 0 Å². The summed E-state index contributed by atoms with van der Waals surface area (Å²) >= 11 is 0. The zero-order valence-electron chi connectivity index (χ0n) is 16.9. The summed E-state index contributed by atoms with van der Waals surface area (Å²) in [5.74, 6) is -0.316. The zero-order valence-corrected chi connectivity index (χ0v) is 16.9. The van der Waals surface area contributed by atoms with E-state index < -0.39 is 17.4 Å². The average Bonchev–Trinajstić information content (AvgIpc) is 3.48. The number of pyridine rings is 1. The van der Waals surface area contributed by atoms with E-state index in [1.54, 1.807) is 29.1 Å². The third kappa shape index (κ3) is 2.92. The lowest BCUT2D eigenvalue weighted by molar-refractivity contribution is -0.143. The van der Waals surface area contributed by atoms with E-state index in [2.05, 4.69) is 15.1 Å². The zero-order chi connectivity index (χ0) is 20.9. The molecule has 9 heteroatoms. The lowest BCUT2D eigenvalue weighted by Gasteiger charge is -2.28. The van der Waals surface area contributed by atoms with Crippen LogP contribution in [0.1, 0.15) is 24.2 Å². The molecule has 2 aromatic rings. The Morgan fingerprint density at radius 2 is 2.30 bits per heavy atom. The van der Waals surface area contributed by atoms with Crippen LogP contribution in [-0.2, 0) is 27.4 Å². The van der Waals surface area contributed by atoms with Gasteiger partial charge in [0.1, 0.15) is 5.60 Å². The van der Waals surface area contributed by atoms with Crippen LogP contribution in [0.25, 0.3) is 0 Å². The molecule has 5 heterocycles. The fourth-order valence-corrected chi connectivity index (χ4v) is 4.84. The fourth-order valence-electron chi connectivity index (χ4n) is 4.84. The first-order valence-corrected chi connectivity index (χ1v) is 10.1. The molecule has 0 saturated carbocycles. The van der Waals surface area contributed by atoms with Gasteiger partial charge in [0.2, 0.25) is 17.7 Å². The number of fused-ring (bicyclic) bond motifs is 1. The van der Waals surface area contributed by atoms with Crippen LogP contribution >= 0.6 is 0 Å². The molecular formula is C21H23N5O4. The van der Waals surface area contributed by atoms with Gasteiger partial charge >= 0.3 is 0 Å². The topological polar surface area (TPSA) is 102 Å². The summed E-state index contributed by atoms with van der Waals surface area (Å²) in [7, 11) is 0. The number of likely N-dealkylation sites (tertiary alicyclic amines) is 1. The maximum absolute atomic E-state index is 13.5. The molecule has 2 saturated heterocycles. The van der Waals surface area contributed by atoms with Crippen LogP contribution in [-0.4, -0.2) is 61.5 Å². The van der Waals surface area contributed by atoms with Gasteiger partial charge in [0, 0.05) is 32.4 Å². The Bertz CT molecular complexity index is 1010. The molecule has 9 nitrogen and oxygen atoms in total. The lowest BCUT2D eigenvalue weighted by Crippen LogP contribution is -2.45. The smallest absolute Gasteiger partial charge is 0.230 e. The predicted octanol–water partition coefficient (Wildman–Crippen LogP) is 1.10. The van der Waals surface area contributed by atoms with Crippen molar-refractivity contribution in [3.63, 3.8) is 0 Å². The SMILES string of the molecule is CCN(Cc1noc(C)n1)C(=O)[C@H]1[C@@H]2C=C[C@@]3(CN(Cc4cccnc4)C(=O)[C@H]13)O2. The molecule has 156 valence electrons. The summed E-state index contributed by atoms with van der Waals surface area (Å²) in [4.78, 5) is 38.6. The monoisotopic (exact) mass is 409 g/mol. The highest BCUT2D eigenvalue weighted by Crippen LogP contribution is 2.52. The molecule has 3 aliphatic heterocycles. The van der Waals surface area contributed by atoms with Crippen LogP contribution in [0.4, 0.5) is 0 Å². The molecule has 5 rings (SSSR count).